The highest BCUT2D eigenvalue weighted by atomic mass is 16.5. The number of likely N-dealkylation sites (N-methyl/N-ethyl adjacent to an activating group) is 1. The van der Waals surface area contributed by atoms with Crippen molar-refractivity contribution >= 4 is 0 Å². The van der Waals surface area contributed by atoms with Crippen molar-refractivity contribution in [2.45, 2.75) is 89.5 Å². The predicted octanol–water partition coefficient (Wildman–Crippen LogP) is 5.87. The smallest absolute Gasteiger partial charge is 0.133 e. The van der Waals surface area contributed by atoms with E-state index in [1.165, 1.54) is 56.9 Å². The van der Waals surface area contributed by atoms with E-state index in [1.54, 1.807) is 5.57 Å². The van der Waals surface area contributed by atoms with Gasteiger partial charge in [0.15, 0.2) is 0 Å². The van der Waals surface area contributed by atoms with Crippen molar-refractivity contribution < 1.29 is 9.22 Å². The normalized spacial score (nSPS) is 29.3. The summed E-state index contributed by atoms with van der Waals surface area (Å²) in [6, 6.07) is 11.0. The van der Waals surface area contributed by atoms with Crippen LogP contribution in [0.5, 0.6) is 0 Å². The summed E-state index contributed by atoms with van der Waals surface area (Å²) in [6.45, 7) is 5.94. The lowest BCUT2D eigenvalue weighted by molar-refractivity contribution is -0.953. The van der Waals surface area contributed by atoms with Crippen LogP contribution in [-0.4, -0.2) is 36.3 Å². The van der Waals surface area contributed by atoms with Gasteiger partial charge in [-0.05, 0) is 57.9 Å². The maximum absolute atomic E-state index is 6.98. The largest absolute Gasteiger partial charge is 0.363 e. The third kappa shape index (κ3) is 3.51. The number of quaternary nitrogens is 1. The van der Waals surface area contributed by atoms with Gasteiger partial charge in [-0.2, -0.15) is 0 Å². The lowest BCUT2D eigenvalue weighted by Crippen LogP contribution is -2.64. The summed E-state index contributed by atoms with van der Waals surface area (Å²) >= 11 is 0. The molecule has 1 heterocycles. The molecule has 0 N–H and O–H groups in total. The summed E-state index contributed by atoms with van der Waals surface area (Å²) in [6.07, 6.45) is 11.4. The second-order valence-electron chi connectivity index (χ2n) is 10.2. The zero-order valence-corrected chi connectivity index (χ0v) is 17.8. The van der Waals surface area contributed by atoms with E-state index in [4.69, 9.17) is 4.74 Å². The fourth-order valence-electron chi connectivity index (χ4n) is 5.74. The summed E-state index contributed by atoms with van der Waals surface area (Å²) in [7, 11) is 4.79. The fraction of sp³-hybridized carbons (Fsp3) is 0.680. The molecule has 1 fully saturated rings. The maximum Gasteiger partial charge on any atom is 0.133 e. The van der Waals surface area contributed by atoms with E-state index in [1.807, 2.05) is 5.57 Å². The van der Waals surface area contributed by atoms with Gasteiger partial charge in [-0.25, -0.2) is 0 Å². The van der Waals surface area contributed by atoms with E-state index in [-0.39, 0.29) is 11.6 Å². The zero-order chi connectivity index (χ0) is 19.1. The minimum atomic E-state index is 0.0518. The van der Waals surface area contributed by atoms with E-state index in [9.17, 15) is 0 Å². The average molecular weight is 369 g/mol. The quantitative estimate of drug-likeness (QED) is 0.477. The molecular weight excluding hydrogens is 330 g/mol. The number of hydrogen-bond donors (Lipinski definition) is 0. The van der Waals surface area contributed by atoms with Crippen molar-refractivity contribution in [1.29, 1.82) is 0 Å². The van der Waals surface area contributed by atoms with Crippen molar-refractivity contribution in [1.82, 2.24) is 0 Å². The molecular formula is C25H38NO+. The molecule has 0 unspecified atom stereocenters. The topological polar surface area (TPSA) is 9.23 Å². The molecule has 1 aromatic carbocycles. The van der Waals surface area contributed by atoms with Crippen LogP contribution in [0.4, 0.5) is 0 Å². The molecule has 2 aliphatic carbocycles. The van der Waals surface area contributed by atoms with Gasteiger partial charge in [0, 0.05) is 11.5 Å². The molecule has 27 heavy (non-hydrogen) atoms. The SMILES string of the molecule is CC(C)([C@@H]1O[C@@H]2CCCC[C@@H]2C2=C1CCCC2)[N+](C)(C)Cc1ccccc1. The van der Waals surface area contributed by atoms with Crippen molar-refractivity contribution in [2.24, 2.45) is 5.92 Å². The molecule has 0 bridgehead atoms. The minimum Gasteiger partial charge on any atom is -0.363 e. The number of ether oxygens (including phenoxy) is 1. The van der Waals surface area contributed by atoms with E-state index >= 15 is 0 Å². The van der Waals surface area contributed by atoms with Crippen molar-refractivity contribution in [3.63, 3.8) is 0 Å². The summed E-state index contributed by atoms with van der Waals surface area (Å²) in [4.78, 5) is 0. The van der Waals surface area contributed by atoms with Crippen molar-refractivity contribution in [3.8, 4) is 0 Å². The number of benzene rings is 1. The highest BCUT2D eigenvalue weighted by Gasteiger charge is 2.51. The Hall–Kier alpha value is -1.12. The Kier molecular flexibility index (Phi) is 5.24. The number of nitrogens with zero attached hydrogens (tertiary/aromatic N) is 1. The van der Waals surface area contributed by atoms with Crippen molar-refractivity contribution in [3.05, 3.63) is 47.0 Å². The average Bonchev–Trinajstić information content (AvgIpc) is 2.67. The molecule has 0 saturated heterocycles. The highest BCUT2D eigenvalue weighted by molar-refractivity contribution is 5.30. The molecule has 148 valence electrons. The van der Waals surface area contributed by atoms with Gasteiger partial charge in [-0.15, -0.1) is 0 Å². The van der Waals surface area contributed by atoms with Gasteiger partial charge in [0.05, 0.1) is 20.2 Å². The van der Waals surface area contributed by atoms with Crippen LogP contribution in [-0.2, 0) is 11.3 Å². The van der Waals surface area contributed by atoms with Crippen LogP contribution in [0.15, 0.2) is 41.5 Å². The van der Waals surface area contributed by atoms with Crippen LogP contribution in [0.2, 0.25) is 0 Å². The Labute approximate surface area is 166 Å². The summed E-state index contributed by atoms with van der Waals surface area (Å²) in [5, 5.41) is 0. The number of rotatable bonds is 4. The van der Waals surface area contributed by atoms with Crippen molar-refractivity contribution in [2.75, 3.05) is 14.1 Å². The van der Waals surface area contributed by atoms with Gasteiger partial charge in [0.25, 0.3) is 0 Å². The van der Waals surface area contributed by atoms with Gasteiger partial charge in [-0.3, -0.25) is 0 Å². The van der Waals surface area contributed by atoms with Crippen LogP contribution in [0.25, 0.3) is 0 Å². The first kappa shape index (κ1) is 19.2. The number of fused-ring (bicyclic) bond motifs is 2. The third-order valence-electron chi connectivity index (χ3n) is 7.95. The van der Waals surface area contributed by atoms with Gasteiger partial charge in [0.1, 0.15) is 18.2 Å². The van der Waals surface area contributed by atoms with Crippen LogP contribution in [0, 0.1) is 5.92 Å². The molecule has 1 aliphatic heterocycles. The first-order valence-corrected chi connectivity index (χ1v) is 11.1. The molecule has 4 rings (SSSR count). The fourth-order valence-corrected chi connectivity index (χ4v) is 5.74. The van der Waals surface area contributed by atoms with Gasteiger partial charge >= 0.3 is 0 Å². The highest BCUT2D eigenvalue weighted by Crippen LogP contribution is 2.48. The molecule has 0 radical (unpaired) electrons. The Balaban J connectivity index is 1.66. The summed E-state index contributed by atoms with van der Waals surface area (Å²) < 4.78 is 7.93. The first-order chi connectivity index (χ1) is 12.9. The molecule has 0 spiro atoms. The molecule has 2 heteroatoms. The predicted molar refractivity (Wildman–Crippen MR) is 112 cm³/mol. The molecule has 3 atom stereocenters. The monoisotopic (exact) mass is 368 g/mol. The lowest BCUT2D eigenvalue weighted by atomic mass is 9.69. The van der Waals surface area contributed by atoms with Crippen LogP contribution in [0.1, 0.15) is 70.8 Å². The van der Waals surface area contributed by atoms with E-state index in [2.05, 4.69) is 58.3 Å². The second kappa shape index (κ2) is 7.37. The Morgan fingerprint density at radius 3 is 2.33 bits per heavy atom. The molecule has 0 aromatic heterocycles. The minimum absolute atomic E-state index is 0.0518. The Morgan fingerprint density at radius 2 is 1.59 bits per heavy atom. The van der Waals surface area contributed by atoms with Gasteiger partial charge < -0.3 is 9.22 Å². The van der Waals surface area contributed by atoms with Crippen LogP contribution in [0.3, 0.4) is 0 Å². The third-order valence-corrected chi connectivity index (χ3v) is 7.95. The molecule has 2 nitrogen and oxygen atoms in total. The maximum atomic E-state index is 6.98. The Bertz CT molecular complexity index is 688. The van der Waals surface area contributed by atoms with E-state index in [0.717, 1.165) is 16.9 Å². The first-order valence-electron chi connectivity index (χ1n) is 11.1. The van der Waals surface area contributed by atoms with Gasteiger partial charge in [0.2, 0.25) is 0 Å². The molecule has 0 amide bonds. The summed E-state index contributed by atoms with van der Waals surface area (Å²) in [5.41, 5.74) is 4.97. The summed E-state index contributed by atoms with van der Waals surface area (Å²) in [5.74, 6) is 0.728. The van der Waals surface area contributed by atoms with Crippen LogP contribution >= 0.6 is 0 Å². The zero-order valence-electron chi connectivity index (χ0n) is 17.8. The van der Waals surface area contributed by atoms with Gasteiger partial charge in [-0.1, -0.05) is 48.7 Å². The van der Waals surface area contributed by atoms with E-state index < -0.39 is 0 Å². The molecule has 1 aromatic rings. The molecule has 1 saturated carbocycles. The number of hydrogen-bond acceptors (Lipinski definition) is 1. The Morgan fingerprint density at radius 1 is 0.926 bits per heavy atom. The lowest BCUT2D eigenvalue weighted by Gasteiger charge is -2.54. The molecule has 3 aliphatic rings. The second-order valence-corrected chi connectivity index (χ2v) is 10.2. The van der Waals surface area contributed by atoms with Crippen LogP contribution < -0.4 is 0 Å². The standard InChI is InChI=1S/C25H38NO/c1-25(2,26(3,4)18-19-12-6-5-7-13-19)24-22-16-9-8-14-20(22)21-15-10-11-17-23(21)27-24/h5-7,12-13,21,23-24H,8-11,14-18H2,1-4H3/q+1/t21-,23-,24-/m1/s1. The van der Waals surface area contributed by atoms with E-state index in [0.29, 0.717) is 6.10 Å².